The molecule has 5 nitrogen and oxygen atoms in total. The fraction of sp³-hybridized carbons (Fsp3) is 0.263. The number of ether oxygens (including phenoxy) is 1. The van der Waals surface area contributed by atoms with Gasteiger partial charge in [-0.25, -0.2) is 4.79 Å². The molecule has 2 aromatic carbocycles. The third-order valence-electron chi connectivity index (χ3n) is 4.18. The molecule has 0 unspecified atom stereocenters. The van der Waals surface area contributed by atoms with E-state index in [0.29, 0.717) is 23.1 Å². The highest BCUT2D eigenvalue weighted by Crippen LogP contribution is 2.20. The summed E-state index contributed by atoms with van der Waals surface area (Å²) < 4.78 is 5.10. The molecule has 1 fully saturated rings. The first-order chi connectivity index (χ1) is 12.5. The van der Waals surface area contributed by atoms with Gasteiger partial charge in [-0.3, -0.25) is 4.79 Å². The van der Waals surface area contributed by atoms with Crippen LogP contribution in [0.15, 0.2) is 48.5 Å². The van der Waals surface area contributed by atoms with Gasteiger partial charge in [0.25, 0.3) is 5.91 Å². The Kier molecular flexibility index (Phi) is 6.01. The molecule has 1 amide bonds. The van der Waals surface area contributed by atoms with Crippen LogP contribution in [0.5, 0.6) is 0 Å². The van der Waals surface area contributed by atoms with Crippen molar-refractivity contribution in [1.82, 2.24) is 4.90 Å². The second-order valence-electron chi connectivity index (χ2n) is 5.94. The van der Waals surface area contributed by atoms with E-state index >= 15 is 0 Å². The van der Waals surface area contributed by atoms with Crippen LogP contribution in [-0.4, -0.2) is 49.6 Å². The van der Waals surface area contributed by atoms with E-state index in [0.717, 1.165) is 18.8 Å². The molecule has 3 rings (SSSR count). The molecule has 0 saturated carbocycles. The Morgan fingerprint density at radius 2 is 1.54 bits per heavy atom. The van der Waals surface area contributed by atoms with Crippen LogP contribution in [0.2, 0.25) is 10.0 Å². The third kappa shape index (κ3) is 4.68. The molecule has 0 spiro atoms. The number of hydrogen-bond donors (Lipinski definition) is 0. The maximum absolute atomic E-state index is 12.3. The summed E-state index contributed by atoms with van der Waals surface area (Å²) in [4.78, 5) is 28.3. The SMILES string of the molecule is O=C(OCC(=O)N1CCN(c2ccccc2)CC1)c1cc(Cl)cc(Cl)c1. The zero-order chi connectivity index (χ0) is 18.5. The fourth-order valence-electron chi connectivity index (χ4n) is 2.83. The van der Waals surface area contributed by atoms with Crippen molar-refractivity contribution < 1.29 is 14.3 Å². The standard InChI is InChI=1S/C19H18Cl2N2O3/c20-15-10-14(11-16(21)12-15)19(25)26-13-18(24)23-8-6-22(7-9-23)17-4-2-1-3-5-17/h1-5,10-12H,6-9,13H2. The van der Waals surface area contributed by atoms with E-state index in [9.17, 15) is 9.59 Å². The lowest BCUT2D eigenvalue weighted by atomic mass is 10.2. The zero-order valence-electron chi connectivity index (χ0n) is 14.0. The number of rotatable bonds is 4. The molecule has 0 atom stereocenters. The van der Waals surface area contributed by atoms with E-state index < -0.39 is 5.97 Å². The Morgan fingerprint density at radius 3 is 2.15 bits per heavy atom. The summed E-state index contributed by atoms with van der Waals surface area (Å²) in [6, 6.07) is 14.5. The van der Waals surface area contributed by atoms with Gasteiger partial charge in [0.2, 0.25) is 0 Å². The Labute approximate surface area is 162 Å². The summed E-state index contributed by atoms with van der Waals surface area (Å²) in [6.07, 6.45) is 0. The van der Waals surface area contributed by atoms with Crippen molar-refractivity contribution >= 4 is 40.8 Å². The van der Waals surface area contributed by atoms with Crippen molar-refractivity contribution in [2.75, 3.05) is 37.7 Å². The number of halogens is 2. The van der Waals surface area contributed by atoms with Gasteiger partial charge in [0.05, 0.1) is 5.56 Å². The lowest BCUT2D eigenvalue weighted by Crippen LogP contribution is -2.49. The number of anilines is 1. The molecule has 0 radical (unpaired) electrons. The summed E-state index contributed by atoms with van der Waals surface area (Å²) in [6.45, 7) is 2.37. The van der Waals surface area contributed by atoms with Crippen LogP contribution in [0, 0.1) is 0 Å². The van der Waals surface area contributed by atoms with Crippen LogP contribution < -0.4 is 4.90 Å². The molecule has 7 heteroatoms. The summed E-state index contributed by atoms with van der Waals surface area (Å²) in [5.41, 5.74) is 1.37. The Hall–Kier alpha value is -2.24. The van der Waals surface area contributed by atoms with Crippen molar-refractivity contribution in [2.24, 2.45) is 0 Å². The third-order valence-corrected chi connectivity index (χ3v) is 4.62. The van der Waals surface area contributed by atoms with Gasteiger partial charge in [0.15, 0.2) is 6.61 Å². The highest BCUT2D eigenvalue weighted by molar-refractivity contribution is 6.35. The number of carbonyl (C=O) groups excluding carboxylic acids is 2. The summed E-state index contributed by atoms with van der Waals surface area (Å²) >= 11 is 11.7. The maximum Gasteiger partial charge on any atom is 0.338 e. The van der Waals surface area contributed by atoms with Gasteiger partial charge in [-0.05, 0) is 30.3 Å². The van der Waals surface area contributed by atoms with Crippen LogP contribution in [0.3, 0.4) is 0 Å². The molecule has 0 aromatic heterocycles. The van der Waals surface area contributed by atoms with E-state index in [4.69, 9.17) is 27.9 Å². The Balaban J connectivity index is 1.49. The van der Waals surface area contributed by atoms with Crippen molar-refractivity contribution in [3.63, 3.8) is 0 Å². The average Bonchev–Trinajstić information content (AvgIpc) is 2.66. The van der Waals surface area contributed by atoms with Crippen molar-refractivity contribution in [2.45, 2.75) is 0 Å². The summed E-state index contributed by atoms with van der Waals surface area (Å²) in [5.74, 6) is -0.829. The van der Waals surface area contributed by atoms with Gasteiger partial charge in [-0.1, -0.05) is 41.4 Å². The smallest absolute Gasteiger partial charge is 0.338 e. The van der Waals surface area contributed by atoms with Gasteiger partial charge in [0.1, 0.15) is 0 Å². The summed E-state index contributed by atoms with van der Waals surface area (Å²) in [7, 11) is 0. The van der Waals surface area contributed by atoms with Crippen molar-refractivity contribution in [3.8, 4) is 0 Å². The molecule has 26 heavy (non-hydrogen) atoms. The first-order valence-corrected chi connectivity index (χ1v) is 8.99. The summed E-state index contributed by atoms with van der Waals surface area (Å²) in [5, 5.41) is 0.681. The maximum atomic E-state index is 12.3. The molecule has 0 aliphatic carbocycles. The van der Waals surface area contributed by atoms with Crippen LogP contribution in [0.4, 0.5) is 5.69 Å². The van der Waals surface area contributed by atoms with Gasteiger partial charge in [-0.2, -0.15) is 0 Å². The topological polar surface area (TPSA) is 49.9 Å². The number of para-hydroxylation sites is 1. The highest BCUT2D eigenvalue weighted by atomic mass is 35.5. The van der Waals surface area contributed by atoms with Crippen LogP contribution in [0.1, 0.15) is 10.4 Å². The normalized spacial score (nSPS) is 14.2. The van der Waals surface area contributed by atoms with E-state index in [1.807, 2.05) is 18.2 Å². The molecule has 1 saturated heterocycles. The number of carbonyl (C=O) groups is 2. The zero-order valence-corrected chi connectivity index (χ0v) is 15.5. The quantitative estimate of drug-likeness (QED) is 0.747. The lowest BCUT2D eigenvalue weighted by Gasteiger charge is -2.36. The highest BCUT2D eigenvalue weighted by Gasteiger charge is 2.22. The Morgan fingerprint density at radius 1 is 0.923 bits per heavy atom. The minimum atomic E-state index is -0.620. The predicted molar refractivity (Wildman–Crippen MR) is 102 cm³/mol. The van der Waals surface area contributed by atoms with Crippen LogP contribution in [-0.2, 0) is 9.53 Å². The fourth-order valence-corrected chi connectivity index (χ4v) is 3.35. The molecule has 1 aliphatic rings. The molecule has 136 valence electrons. The minimum absolute atomic E-state index is 0.209. The van der Waals surface area contributed by atoms with Gasteiger partial charge < -0.3 is 14.5 Å². The van der Waals surface area contributed by atoms with Gasteiger partial charge in [-0.15, -0.1) is 0 Å². The van der Waals surface area contributed by atoms with E-state index in [1.165, 1.54) is 18.2 Å². The molecular weight excluding hydrogens is 375 g/mol. The number of amides is 1. The molecule has 0 N–H and O–H groups in total. The van der Waals surface area contributed by atoms with E-state index in [1.54, 1.807) is 4.90 Å². The number of benzene rings is 2. The van der Waals surface area contributed by atoms with Gasteiger partial charge >= 0.3 is 5.97 Å². The molecule has 0 bridgehead atoms. The van der Waals surface area contributed by atoms with E-state index in [2.05, 4.69) is 17.0 Å². The lowest BCUT2D eigenvalue weighted by molar-refractivity contribution is -0.134. The Bertz CT molecular complexity index is 770. The minimum Gasteiger partial charge on any atom is -0.452 e. The second-order valence-corrected chi connectivity index (χ2v) is 6.81. The number of esters is 1. The molecule has 1 aliphatic heterocycles. The largest absolute Gasteiger partial charge is 0.452 e. The van der Waals surface area contributed by atoms with Gasteiger partial charge in [0, 0.05) is 41.9 Å². The second kappa shape index (κ2) is 8.43. The number of piperazine rings is 1. The van der Waals surface area contributed by atoms with Crippen LogP contribution in [0.25, 0.3) is 0 Å². The molecule has 1 heterocycles. The van der Waals surface area contributed by atoms with E-state index in [-0.39, 0.29) is 18.1 Å². The average molecular weight is 393 g/mol. The first kappa shape index (κ1) is 18.5. The van der Waals surface area contributed by atoms with Crippen LogP contribution >= 0.6 is 23.2 Å². The number of hydrogen-bond acceptors (Lipinski definition) is 4. The molecule has 2 aromatic rings. The molecular formula is C19H18Cl2N2O3. The first-order valence-electron chi connectivity index (χ1n) is 8.24. The van der Waals surface area contributed by atoms with Crippen molar-refractivity contribution in [3.05, 3.63) is 64.1 Å². The number of nitrogens with zero attached hydrogens (tertiary/aromatic N) is 2. The predicted octanol–water partition coefficient (Wildman–Crippen LogP) is 3.50. The van der Waals surface area contributed by atoms with Crippen molar-refractivity contribution in [1.29, 1.82) is 0 Å². The monoisotopic (exact) mass is 392 g/mol.